The molecule has 0 atom stereocenters. The number of hydrogen-bond acceptors (Lipinski definition) is 11. The molecule has 5 rings (SSSR count). The molecule has 0 saturated heterocycles. The number of aromatic hydroxyl groups is 1. The van der Waals surface area contributed by atoms with E-state index in [1.165, 1.54) is 30.3 Å². The van der Waals surface area contributed by atoms with Gasteiger partial charge in [-0.2, -0.15) is 0 Å². The molecule has 0 spiro atoms. The van der Waals surface area contributed by atoms with E-state index in [1.807, 2.05) is 0 Å². The zero-order valence-electron chi connectivity index (χ0n) is 29.6. The average Bonchev–Trinajstić information content (AvgIpc) is 3.09. The maximum absolute atomic E-state index is 12.5. The highest BCUT2D eigenvalue weighted by Crippen LogP contribution is 2.46. The van der Waals surface area contributed by atoms with Gasteiger partial charge in [0.05, 0.1) is 34.6 Å². The monoisotopic (exact) mass is 830 g/mol. The van der Waals surface area contributed by atoms with Gasteiger partial charge in [-0.05, 0) is 66.9 Å². The summed E-state index contributed by atoms with van der Waals surface area (Å²) in [6.45, 7) is 0.601. The summed E-state index contributed by atoms with van der Waals surface area (Å²) in [6.07, 6.45) is 0.173. The van der Waals surface area contributed by atoms with Crippen LogP contribution in [0.1, 0.15) is 17.5 Å². The number of nitrogens with zero attached hydrogens (tertiary/aromatic N) is 2. The Morgan fingerprint density at radius 3 is 1.73 bits per heavy atom. The fourth-order valence-corrected chi connectivity index (χ4v) is 6.52. The molecule has 1 aliphatic heterocycles. The molecular weight excluding hydrogens is 799 g/mol. The molecule has 294 valence electrons. The summed E-state index contributed by atoms with van der Waals surface area (Å²) in [4.78, 5) is 61.6. The minimum atomic E-state index is -1.31. The molecule has 15 nitrogen and oxygen atoms in total. The van der Waals surface area contributed by atoms with Crippen LogP contribution in [0.4, 0.5) is 11.4 Å². The van der Waals surface area contributed by atoms with Crippen molar-refractivity contribution in [3.8, 4) is 39.7 Å². The van der Waals surface area contributed by atoms with Crippen LogP contribution >= 0.6 is 34.8 Å². The van der Waals surface area contributed by atoms with Crippen molar-refractivity contribution in [1.29, 1.82) is 0 Å². The number of anilines is 2. The van der Waals surface area contributed by atoms with Crippen LogP contribution in [0, 0.1) is 13.8 Å². The van der Waals surface area contributed by atoms with E-state index in [0.29, 0.717) is 33.2 Å². The molecule has 3 aromatic rings. The number of carboxylic acids is 4. The van der Waals surface area contributed by atoms with Crippen molar-refractivity contribution in [2.45, 2.75) is 20.3 Å². The Morgan fingerprint density at radius 1 is 0.643 bits per heavy atom. The van der Waals surface area contributed by atoms with Crippen LogP contribution in [0.5, 0.6) is 17.2 Å². The summed E-state index contributed by atoms with van der Waals surface area (Å²) in [6, 6.07) is 11.5. The molecule has 3 aromatic carbocycles. The van der Waals surface area contributed by atoms with E-state index in [0.717, 1.165) is 9.80 Å². The van der Waals surface area contributed by atoms with Gasteiger partial charge in [0.15, 0.2) is 0 Å². The zero-order valence-corrected chi connectivity index (χ0v) is 31.9. The first kappa shape index (κ1) is 41.3. The van der Waals surface area contributed by atoms with Gasteiger partial charge in [-0.25, -0.2) is 0 Å². The van der Waals surface area contributed by atoms with Crippen LogP contribution in [-0.4, -0.2) is 88.8 Å². The lowest BCUT2D eigenvalue weighted by atomic mass is 9.90. The molecule has 0 saturated carbocycles. The van der Waals surface area contributed by atoms with E-state index < -0.39 is 55.5 Å². The van der Waals surface area contributed by atoms with Gasteiger partial charge >= 0.3 is 23.9 Å². The van der Waals surface area contributed by atoms with E-state index >= 15 is 0 Å². The highest BCUT2D eigenvalue weighted by molar-refractivity contribution is 6.33. The maximum atomic E-state index is 12.5. The van der Waals surface area contributed by atoms with E-state index in [2.05, 4.69) is 0 Å². The molecule has 56 heavy (non-hydrogen) atoms. The number of aliphatic carboxylic acids is 4. The number of carboxylic acid groups (broad SMARTS) is 4. The highest BCUT2D eigenvalue weighted by atomic mass is 35.5. The van der Waals surface area contributed by atoms with Crippen LogP contribution in [0.15, 0.2) is 57.7 Å². The van der Waals surface area contributed by atoms with E-state index in [4.69, 9.17) is 48.7 Å². The number of benzene rings is 4. The van der Waals surface area contributed by atoms with Crippen molar-refractivity contribution in [2.75, 3.05) is 49.2 Å². The first-order valence-corrected chi connectivity index (χ1v) is 17.7. The fourth-order valence-electron chi connectivity index (χ4n) is 6.03. The molecule has 5 N–H and O–H groups in total. The SMILES string of the molecule is Cc1cc(OCCCOc2cc(-c3c4cc(Cl)c(=O)cc-4oc4cc(O)c(Cl)cc34)c(C)cc2N(CC(=O)O)CC(=O)O)c(N(CC(=O)O)CC(=O)O)cc1Cl. The Bertz CT molecular complexity index is 2370. The standard InChI is InChI=1S/C38H33Cl3N2O13/c1-18-6-26(42(14-34(46)47)15-35(48)49)33(55-5-3-4-54-32-7-19(2)23(39)11-27(32)43(16-36(50)51)17-37(52)53)10-20(18)38-21-8-24(40)28(44)12-30(21)56-31-13-29(45)25(41)9-22(31)38/h6-13,44H,3-5,14-17H2,1-2H3,(H,46,47)(H,48,49)(H,50,51)(H,52,53). The van der Waals surface area contributed by atoms with Gasteiger partial charge in [-0.3, -0.25) is 24.0 Å². The predicted octanol–water partition coefficient (Wildman–Crippen LogP) is 6.65. The number of hydrogen-bond donors (Lipinski definition) is 5. The smallest absolute Gasteiger partial charge is 0.323 e. The second-order valence-electron chi connectivity index (χ2n) is 12.6. The zero-order chi connectivity index (χ0) is 41.0. The summed E-state index contributed by atoms with van der Waals surface area (Å²) in [5.41, 5.74) is 2.36. The summed E-state index contributed by atoms with van der Waals surface area (Å²) in [7, 11) is 0. The van der Waals surface area contributed by atoms with Crippen LogP contribution in [-0.2, 0) is 19.2 Å². The molecule has 0 bridgehead atoms. The minimum absolute atomic E-state index is 0.00670. The lowest BCUT2D eigenvalue weighted by Gasteiger charge is -2.26. The second kappa shape index (κ2) is 17.3. The fraction of sp³-hybridized carbons (Fsp3) is 0.237. The predicted molar refractivity (Wildman–Crippen MR) is 208 cm³/mol. The molecule has 0 aromatic heterocycles. The maximum Gasteiger partial charge on any atom is 0.323 e. The average molecular weight is 832 g/mol. The number of halogens is 3. The molecule has 0 radical (unpaired) electrons. The van der Waals surface area contributed by atoms with Crippen molar-refractivity contribution in [1.82, 2.24) is 0 Å². The van der Waals surface area contributed by atoms with Gasteiger partial charge in [-0.1, -0.05) is 34.8 Å². The third kappa shape index (κ3) is 9.48. The summed E-state index contributed by atoms with van der Waals surface area (Å²) in [5, 5.41) is 49.1. The van der Waals surface area contributed by atoms with Gasteiger partial charge in [0.2, 0.25) is 5.43 Å². The topological polar surface area (TPSA) is 225 Å². The number of ether oxygens (including phenoxy) is 2. The first-order chi connectivity index (χ1) is 26.4. The van der Waals surface area contributed by atoms with E-state index in [-0.39, 0.29) is 74.7 Å². The Kier molecular flexibility index (Phi) is 12.7. The highest BCUT2D eigenvalue weighted by Gasteiger charge is 2.26. The van der Waals surface area contributed by atoms with Crippen LogP contribution in [0.3, 0.4) is 0 Å². The molecule has 0 fully saturated rings. The van der Waals surface area contributed by atoms with Crippen molar-refractivity contribution in [3.05, 3.63) is 84.9 Å². The third-order valence-electron chi connectivity index (χ3n) is 8.45. The van der Waals surface area contributed by atoms with E-state index in [1.54, 1.807) is 32.0 Å². The van der Waals surface area contributed by atoms with Crippen LogP contribution in [0.2, 0.25) is 15.1 Å². The Hall–Kier alpha value is -5.90. The van der Waals surface area contributed by atoms with E-state index in [9.17, 15) is 49.5 Å². The van der Waals surface area contributed by atoms with Crippen molar-refractivity contribution in [2.24, 2.45) is 0 Å². The van der Waals surface area contributed by atoms with Gasteiger partial charge < -0.3 is 49.2 Å². The normalized spacial score (nSPS) is 11.1. The van der Waals surface area contributed by atoms with Gasteiger partial charge in [-0.15, -0.1) is 0 Å². The minimum Gasteiger partial charge on any atom is -0.506 e. The van der Waals surface area contributed by atoms with Gasteiger partial charge in [0, 0.05) is 40.1 Å². The Labute approximate surface area is 332 Å². The van der Waals surface area contributed by atoms with Crippen LogP contribution < -0.4 is 24.7 Å². The molecule has 0 unspecified atom stereocenters. The lowest BCUT2D eigenvalue weighted by Crippen LogP contribution is -2.35. The molecule has 18 heteroatoms. The molecular formula is C38H33Cl3N2O13. The molecule has 1 heterocycles. The summed E-state index contributed by atoms with van der Waals surface area (Å²) < 4.78 is 18.2. The second-order valence-corrected chi connectivity index (χ2v) is 13.8. The Morgan fingerprint density at radius 2 is 1.18 bits per heavy atom. The third-order valence-corrected chi connectivity index (χ3v) is 9.45. The number of carbonyl (C=O) groups is 4. The molecule has 0 amide bonds. The number of rotatable bonds is 17. The molecule has 1 aliphatic carbocycles. The summed E-state index contributed by atoms with van der Waals surface area (Å²) >= 11 is 18.9. The van der Waals surface area contributed by atoms with Crippen LogP contribution in [0.25, 0.3) is 33.4 Å². The van der Waals surface area contributed by atoms with Gasteiger partial charge in [0.1, 0.15) is 54.8 Å². The molecule has 2 aliphatic rings. The first-order valence-electron chi connectivity index (χ1n) is 16.6. The Balaban J connectivity index is 1.56. The number of aryl methyl sites for hydroxylation is 2. The number of phenols is 1. The van der Waals surface area contributed by atoms with Crippen molar-refractivity contribution < 1.29 is 58.6 Å². The quantitative estimate of drug-likeness (QED) is 0.0489. The van der Waals surface area contributed by atoms with Gasteiger partial charge in [0.25, 0.3) is 0 Å². The lowest BCUT2D eigenvalue weighted by molar-refractivity contribution is -0.138. The number of phenolic OH excluding ortho intramolecular Hbond substituents is 1. The largest absolute Gasteiger partial charge is 0.506 e. The summed E-state index contributed by atoms with van der Waals surface area (Å²) in [5.74, 6) is -5.07. The van der Waals surface area contributed by atoms with Crippen molar-refractivity contribution >= 4 is 81.0 Å². The van der Waals surface area contributed by atoms with Crippen molar-refractivity contribution in [3.63, 3.8) is 0 Å². The number of fused-ring (bicyclic) bond motifs is 2.